The molecule has 4 N–H and O–H groups in total. The summed E-state index contributed by atoms with van der Waals surface area (Å²) < 4.78 is 0. The van der Waals surface area contributed by atoms with Gasteiger partial charge in [-0.25, -0.2) is 0 Å². The Morgan fingerprint density at radius 3 is 2.14 bits per heavy atom. The highest BCUT2D eigenvalue weighted by Crippen LogP contribution is 2.26. The van der Waals surface area contributed by atoms with Crippen molar-refractivity contribution in [1.29, 1.82) is 0 Å². The fourth-order valence-electron chi connectivity index (χ4n) is 0.766. The number of hydrogen-bond acceptors (Lipinski definition) is 2. The summed E-state index contributed by atoms with van der Waals surface area (Å²) in [6.45, 7) is 2.00. The van der Waals surface area contributed by atoms with Crippen molar-refractivity contribution in [3.8, 4) is 0 Å². The molecular formula is C5H12N2. The Morgan fingerprint density at radius 2 is 2.14 bits per heavy atom. The molecule has 0 radical (unpaired) electrons. The van der Waals surface area contributed by atoms with Gasteiger partial charge >= 0.3 is 0 Å². The van der Waals surface area contributed by atoms with E-state index in [1.807, 2.05) is 6.92 Å². The summed E-state index contributed by atoms with van der Waals surface area (Å²) in [5.74, 6) is 0. The molecule has 1 rings (SSSR count). The standard InChI is InChI=1S/C5H12N2/c1-5(7)3-2-4(5)6/h4H,2-3,6-7H2,1H3/t4-,5+/m1/s1. The van der Waals surface area contributed by atoms with Crippen LogP contribution in [-0.2, 0) is 0 Å². The molecule has 2 nitrogen and oxygen atoms in total. The summed E-state index contributed by atoms with van der Waals surface area (Å²) in [5, 5.41) is 0. The molecule has 0 heterocycles. The predicted molar refractivity (Wildman–Crippen MR) is 29.8 cm³/mol. The van der Waals surface area contributed by atoms with Crippen molar-refractivity contribution in [3.05, 3.63) is 0 Å². The van der Waals surface area contributed by atoms with Crippen molar-refractivity contribution in [3.63, 3.8) is 0 Å². The third-order valence-electron chi connectivity index (χ3n) is 1.84. The maximum absolute atomic E-state index is 5.64. The molecule has 0 aromatic carbocycles. The molecular weight excluding hydrogens is 88.1 g/mol. The summed E-state index contributed by atoms with van der Waals surface area (Å²) in [7, 11) is 0. The van der Waals surface area contributed by atoms with Gasteiger partial charge in [-0.1, -0.05) is 0 Å². The molecule has 1 fully saturated rings. The van der Waals surface area contributed by atoms with Gasteiger partial charge in [-0.05, 0) is 19.8 Å². The first-order valence-electron chi connectivity index (χ1n) is 2.67. The van der Waals surface area contributed by atoms with Crippen LogP contribution in [0.3, 0.4) is 0 Å². The highest BCUT2D eigenvalue weighted by Gasteiger charge is 2.35. The molecule has 1 aliphatic rings. The number of nitrogens with two attached hydrogens (primary N) is 2. The number of hydrogen-bond donors (Lipinski definition) is 2. The van der Waals surface area contributed by atoms with Gasteiger partial charge in [-0.15, -0.1) is 0 Å². The lowest BCUT2D eigenvalue weighted by Crippen LogP contribution is -2.60. The molecule has 0 aromatic heterocycles. The largest absolute Gasteiger partial charge is 0.326 e. The van der Waals surface area contributed by atoms with Crippen LogP contribution >= 0.6 is 0 Å². The summed E-state index contributed by atoms with van der Waals surface area (Å²) in [6.07, 6.45) is 2.20. The molecule has 2 atom stereocenters. The van der Waals surface area contributed by atoms with Crippen LogP contribution in [0.1, 0.15) is 19.8 Å². The van der Waals surface area contributed by atoms with Crippen molar-refractivity contribution in [2.75, 3.05) is 0 Å². The minimum absolute atomic E-state index is 0.0417. The van der Waals surface area contributed by atoms with E-state index < -0.39 is 0 Å². The predicted octanol–water partition coefficient (Wildman–Crippen LogP) is -0.175. The zero-order valence-electron chi connectivity index (χ0n) is 4.65. The fourth-order valence-corrected chi connectivity index (χ4v) is 0.766. The van der Waals surface area contributed by atoms with Gasteiger partial charge in [0.1, 0.15) is 0 Å². The Hall–Kier alpha value is -0.0800. The first kappa shape index (κ1) is 5.06. The summed E-state index contributed by atoms with van der Waals surface area (Å²) in [6, 6.07) is 0.257. The van der Waals surface area contributed by atoms with Crippen LogP contribution in [0.5, 0.6) is 0 Å². The Labute approximate surface area is 43.9 Å². The Balaban J connectivity index is 2.43. The molecule has 0 spiro atoms. The first-order chi connectivity index (χ1) is 3.13. The fraction of sp³-hybridized carbons (Fsp3) is 1.00. The Bertz CT molecular complexity index is 78.1. The third-order valence-corrected chi connectivity index (χ3v) is 1.84. The van der Waals surface area contributed by atoms with E-state index in [9.17, 15) is 0 Å². The SMILES string of the molecule is C[C@]1(N)CC[C@H]1N. The number of rotatable bonds is 0. The quantitative estimate of drug-likeness (QED) is 0.444. The smallest absolute Gasteiger partial charge is 0.0279 e. The molecule has 0 bridgehead atoms. The average molecular weight is 100 g/mol. The van der Waals surface area contributed by atoms with Gasteiger partial charge in [0.15, 0.2) is 0 Å². The van der Waals surface area contributed by atoms with Crippen LogP contribution in [0.4, 0.5) is 0 Å². The van der Waals surface area contributed by atoms with Gasteiger partial charge < -0.3 is 11.5 Å². The second kappa shape index (κ2) is 1.20. The van der Waals surface area contributed by atoms with E-state index in [4.69, 9.17) is 11.5 Å². The minimum atomic E-state index is -0.0417. The zero-order chi connectivity index (χ0) is 5.49. The van der Waals surface area contributed by atoms with Gasteiger partial charge in [0.2, 0.25) is 0 Å². The molecule has 1 aliphatic carbocycles. The normalized spacial score (nSPS) is 51.0. The topological polar surface area (TPSA) is 52.0 Å². The van der Waals surface area contributed by atoms with Gasteiger partial charge in [0.05, 0.1) is 0 Å². The van der Waals surface area contributed by atoms with E-state index in [1.54, 1.807) is 0 Å². The van der Waals surface area contributed by atoms with Crippen LogP contribution in [0, 0.1) is 0 Å². The van der Waals surface area contributed by atoms with E-state index in [0.29, 0.717) is 0 Å². The molecule has 0 aliphatic heterocycles. The van der Waals surface area contributed by atoms with Crippen molar-refractivity contribution < 1.29 is 0 Å². The monoisotopic (exact) mass is 100 g/mol. The molecule has 0 amide bonds. The summed E-state index contributed by atoms with van der Waals surface area (Å²) in [5.41, 5.74) is 11.1. The second-order valence-electron chi connectivity index (χ2n) is 2.65. The van der Waals surface area contributed by atoms with Crippen molar-refractivity contribution >= 4 is 0 Å². The minimum Gasteiger partial charge on any atom is -0.326 e. The van der Waals surface area contributed by atoms with Crippen LogP contribution in [0.2, 0.25) is 0 Å². The highest BCUT2D eigenvalue weighted by molar-refractivity contribution is 4.99. The summed E-state index contributed by atoms with van der Waals surface area (Å²) in [4.78, 5) is 0. The van der Waals surface area contributed by atoms with E-state index in [-0.39, 0.29) is 11.6 Å². The van der Waals surface area contributed by atoms with Gasteiger partial charge in [0.25, 0.3) is 0 Å². The van der Waals surface area contributed by atoms with Crippen LogP contribution in [0.15, 0.2) is 0 Å². The Kier molecular flexibility index (Phi) is 0.869. The summed E-state index contributed by atoms with van der Waals surface area (Å²) >= 11 is 0. The van der Waals surface area contributed by atoms with E-state index in [2.05, 4.69) is 0 Å². The zero-order valence-corrected chi connectivity index (χ0v) is 4.65. The lowest BCUT2D eigenvalue weighted by atomic mass is 9.75. The van der Waals surface area contributed by atoms with Crippen LogP contribution in [0.25, 0.3) is 0 Å². The first-order valence-corrected chi connectivity index (χ1v) is 2.67. The van der Waals surface area contributed by atoms with Crippen LogP contribution in [-0.4, -0.2) is 11.6 Å². The highest BCUT2D eigenvalue weighted by atomic mass is 14.9. The molecule has 7 heavy (non-hydrogen) atoms. The lowest BCUT2D eigenvalue weighted by molar-refractivity contribution is 0.223. The molecule has 0 unspecified atom stereocenters. The molecule has 1 saturated carbocycles. The molecule has 0 saturated heterocycles. The van der Waals surface area contributed by atoms with Crippen LogP contribution < -0.4 is 11.5 Å². The maximum Gasteiger partial charge on any atom is 0.0279 e. The van der Waals surface area contributed by atoms with E-state index in [1.165, 1.54) is 0 Å². The molecule has 2 heteroatoms. The maximum atomic E-state index is 5.64. The Morgan fingerprint density at radius 1 is 1.71 bits per heavy atom. The van der Waals surface area contributed by atoms with E-state index in [0.717, 1.165) is 12.8 Å². The van der Waals surface area contributed by atoms with Crippen molar-refractivity contribution in [2.24, 2.45) is 11.5 Å². The van der Waals surface area contributed by atoms with Gasteiger partial charge in [-0.3, -0.25) is 0 Å². The lowest BCUT2D eigenvalue weighted by Gasteiger charge is -2.41. The average Bonchev–Trinajstić information content (AvgIpc) is 1.63. The van der Waals surface area contributed by atoms with Crippen molar-refractivity contribution in [1.82, 2.24) is 0 Å². The molecule has 0 aromatic rings. The second-order valence-corrected chi connectivity index (χ2v) is 2.65. The van der Waals surface area contributed by atoms with Gasteiger partial charge in [-0.2, -0.15) is 0 Å². The van der Waals surface area contributed by atoms with E-state index >= 15 is 0 Å². The van der Waals surface area contributed by atoms with Crippen molar-refractivity contribution in [2.45, 2.75) is 31.3 Å². The van der Waals surface area contributed by atoms with Gasteiger partial charge in [0, 0.05) is 11.6 Å². The molecule has 42 valence electrons. The third kappa shape index (κ3) is 0.640.